The molecule has 19 heavy (non-hydrogen) atoms. The van der Waals surface area contributed by atoms with Crippen molar-refractivity contribution in [1.82, 2.24) is 5.32 Å². The zero-order valence-electron chi connectivity index (χ0n) is 10.5. The first-order valence-electron chi connectivity index (χ1n) is 5.96. The average Bonchev–Trinajstić information content (AvgIpc) is 2.34. The van der Waals surface area contributed by atoms with Gasteiger partial charge in [0.25, 0.3) is 0 Å². The summed E-state index contributed by atoms with van der Waals surface area (Å²) in [4.78, 5) is 0. The van der Waals surface area contributed by atoms with Gasteiger partial charge in [0.15, 0.2) is 0 Å². The second-order valence-corrected chi connectivity index (χ2v) is 6.21. The summed E-state index contributed by atoms with van der Waals surface area (Å²) in [6, 6.07) is 13.0. The number of likely N-dealkylation sites (N-methyl/N-ethyl adjacent to an activating group) is 1. The van der Waals surface area contributed by atoms with E-state index in [1.54, 1.807) is 12.1 Å². The van der Waals surface area contributed by atoms with Crippen molar-refractivity contribution >= 4 is 31.9 Å². The van der Waals surface area contributed by atoms with Crippen LogP contribution < -0.4 is 5.32 Å². The van der Waals surface area contributed by atoms with E-state index in [1.807, 2.05) is 19.2 Å². The fraction of sp³-hybridized carbons (Fsp3) is 0.200. The second-order valence-electron chi connectivity index (χ2n) is 4.38. The maximum atomic E-state index is 13.2. The van der Waals surface area contributed by atoms with Crippen LogP contribution in [-0.2, 0) is 6.42 Å². The fourth-order valence-corrected chi connectivity index (χ4v) is 3.39. The fourth-order valence-electron chi connectivity index (χ4n) is 2.06. The molecule has 0 radical (unpaired) electrons. The molecule has 1 atom stereocenters. The predicted molar refractivity (Wildman–Crippen MR) is 83.7 cm³/mol. The third-order valence-corrected chi connectivity index (χ3v) is 3.88. The van der Waals surface area contributed by atoms with Crippen molar-refractivity contribution < 1.29 is 4.39 Å². The molecule has 0 saturated carbocycles. The van der Waals surface area contributed by atoms with Crippen molar-refractivity contribution in [2.45, 2.75) is 12.5 Å². The molecule has 0 saturated heterocycles. The number of benzene rings is 2. The van der Waals surface area contributed by atoms with Gasteiger partial charge in [-0.2, -0.15) is 0 Å². The van der Waals surface area contributed by atoms with Crippen LogP contribution in [-0.4, -0.2) is 7.05 Å². The van der Waals surface area contributed by atoms with E-state index in [9.17, 15) is 4.39 Å². The first-order valence-corrected chi connectivity index (χ1v) is 7.55. The van der Waals surface area contributed by atoms with Crippen molar-refractivity contribution in [1.29, 1.82) is 0 Å². The van der Waals surface area contributed by atoms with Crippen LogP contribution in [0.1, 0.15) is 17.2 Å². The van der Waals surface area contributed by atoms with Crippen LogP contribution in [0.5, 0.6) is 0 Å². The first-order chi connectivity index (χ1) is 9.08. The van der Waals surface area contributed by atoms with Gasteiger partial charge in [-0.1, -0.05) is 44.0 Å². The summed E-state index contributed by atoms with van der Waals surface area (Å²) in [6.45, 7) is 0. The highest BCUT2D eigenvalue weighted by Crippen LogP contribution is 2.26. The lowest BCUT2D eigenvalue weighted by Crippen LogP contribution is -2.19. The standard InChI is InChI=1S/C15H14Br2FN/c1-19-15(6-10-3-2-4-14(18)5-10)11-7-12(16)9-13(17)8-11/h2-5,7-9,15,19H,6H2,1H3. The summed E-state index contributed by atoms with van der Waals surface area (Å²) >= 11 is 6.98. The molecule has 2 aromatic rings. The first kappa shape index (κ1) is 14.7. The van der Waals surface area contributed by atoms with E-state index >= 15 is 0 Å². The molecule has 0 aliphatic heterocycles. The molecule has 2 aromatic carbocycles. The highest BCUT2D eigenvalue weighted by Gasteiger charge is 2.12. The largest absolute Gasteiger partial charge is 0.313 e. The van der Waals surface area contributed by atoms with Gasteiger partial charge in [-0.05, 0) is 54.9 Å². The quantitative estimate of drug-likeness (QED) is 0.791. The van der Waals surface area contributed by atoms with Crippen LogP contribution in [0.2, 0.25) is 0 Å². The lowest BCUT2D eigenvalue weighted by molar-refractivity contribution is 0.583. The topological polar surface area (TPSA) is 12.0 Å². The van der Waals surface area contributed by atoms with Crippen LogP contribution in [0.15, 0.2) is 51.4 Å². The van der Waals surface area contributed by atoms with E-state index in [1.165, 1.54) is 6.07 Å². The molecule has 0 aromatic heterocycles. The lowest BCUT2D eigenvalue weighted by Gasteiger charge is -2.17. The molecule has 0 fully saturated rings. The van der Waals surface area contributed by atoms with Crippen LogP contribution >= 0.6 is 31.9 Å². The molecule has 0 heterocycles. The summed E-state index contributed by atoms with van der Waals surface area (Å²) in [6.07, 6.45) is 0.747. The molecule has 0 aliphatic carbocycles. The van der Waals surface area contributed by atoms with Crippen molar-refractivity contribution in [3.8, 4) is 0 Å². The minimum Gasteiger partial charge on any atom is -0.313 e. The SMILES string of the molecule is CNC(Cc1cccc(F)c1)c1cc(Br)cc(Br)c1. The van der Waals surface area contributed by atoms with Crippen molar-refractivity contribution in [3.05, 3.63) is 68.4 Å². The number of halogens is 3. The molecule has 2 rings (SSSR count). The van der Waals surface area contributed by atoms with Crippen molar-refractivity contribution in [3.63, 3.8) is 0 Å². The third kappa shape index (κ3) is 4.13. The van der Waals surface area contributed by atoms with Crippen LogP contribution in [0.25, 0.3) is 0 Å². The molecule has 1 N–H and O–H groups in total. The predicted octanol–water partition coefficient (Wildman–Crippen LogP) is 4.85. The summed E-state index contributed by atoms with van der Waals surface area (Å²) < 4.78 is 15.3. The van der Waals surface area contributed by atoms with Crippen molar-refractivity contribution in [2.75, 3.05) is 7.05 Å². The van der Waals surface area contributed by atoms with Crippen LogP contribution in [0.3, 0.4) is 0 Å². The van der Waals surface area contributed by atoms with Gasteiger partial charge in [0, 0.05) is 15.0 Å². The number of hydrogen-bond donors (Lipinski definition) is 1. The second kappa shape index (κ2) is 6.64. The van der Waals surface area contributed by atoms with E-state index in [0.29, 0.717) is 0 Å². The van der Waals surface area contributed by atoms with Gasteiger partial charge in [0.2, 0.25) is 0 Å². The van der Waals surface area contributed by atoms with Gasteiger partial charge in [-0.25, -0.2) is 4.39 Å². The molecule has 0 aliphatic rings. The molecular formula is C15H14Br2FN. The van der Waals surface area contributed by atoms with Gasteiger partial charge in [-0.3, -0.25) is 0 Å². The Bertz CT molecular complexity index is 552. The van der Waals surface area contributed by atoms with E-state index < -0.39 is 0 Å². The summed E-state index contributed by atoms with van der Waals surface area (Å²) in [5.74, 6) is -0.192. The monoisotopic (exact) mass is 385 g/mol. The molecule has 4 heteroatoms. The van der Waals surface area contributed by atoms with Crippen molar-refractivity contribution in [2.24, 2.45) is 0 Å². The molecule has 100 valence electrons. The van der Waals surface area contributed by atoms with E-state index in [0.717, 1.165) is 26.5 Å². The molecule has 0 bridgehead atoms. The van der Waals surface area contributed by atoms with Crippen LogP contribution in [0, 0.1) is 5.82 Å². The van der Waals surface area contributed by atoms with Gasteiger partial charge >= 0.3 is 0 Å². The van der Waals surface area contributed by atoms with Gasteiger partial charge < -0.3 is 5.32 Å². The van der Waals surface area contributed by atoms with E-state index in [4.69, 9.17) is 0 Å². The van der Waals surface area contributed by atoms with Crippen LogP contribution in [0.4, 0.5) is 4.39 Å². The van der Waals surface area contributed by atoms with E-state index in [-0.39, 0.29) is 11.9 Å². The Morgan fingerprint density at radius 1 is 1.11 bits per heavy atom. The zero-order chi connectivity index (χ0) is 13.8. The van der Waals surface area contributed by atoms with Gasteiger partial charge in [-0.15, -0.1) is 0 Å². The molecule has 0 spiro atoms. The molecule has 0 amide bonds. The average molecular weight is 387 g/mol. The maximum Gasteiger partial charge on any atom is 0.123 e. The Kier molecular flexibility index (Phi) is 5.13. The van der Waals surface area contributed by atoms with Gasteiger partial charge in [0.05, 0.1) is 0 Å². The summed E-state index contributed by atoms with van der Waals surface area (Å²) in [5, 5.41) is 3.28. The highest BCUT2D eigenvalue weighted by atomic mass is 79.9. The molecule has 1 nitrogen and oxygen atoms in total. The number of nitrogens with one attached hydrogen (secondary N) is 1. The zero-order valence-corrected chi connectivity index (χ0v) is 13.6. The Labute approximate surface area is 129 Å². The number of rotatable bonds is 4. The van der Waals surface area contributed by atoms with Gasteiger partial charge in [0.1, 0.15) is 5.82 Å². The minimum atomic E-state index is -0.192. The highest BCUT2D eigenvalue weighted by molar-refractivity contribution is 9.11. The molecule has 1 unspecified atom stereocenters. The smallest absolute Gasteiger partial charge is 0.123 e. The summed E-state index contributed by atoms with van der Waals surface area (Å²) in [5.41, 5.74) is 2.14. The Balaban J connectivity index is 2.24. The third-order valence-electron chi connectivity index (χ3n) is 2.96. The number of hydrogen-bond acceptors (Lipinski definition) is 1. The minimum absolute atomic E-state index is 0.149. The Morgan fingerprint density at radius 3 is 2.37 bits per heavy atom. The normalized spacial score (nSPS) is 12.4. The summed E-state index contributed by atoms with van der Waals surface area (Å²) in [7, 11) is 1.92. The molecular weight excluding hydrogens is 373 g/mol. The lowest BCUT2D eigenvalue weighted by atomic mass is 9.99. The Hall–Kier alpha value is -0.710. The van der Waals surface area contributed by atoms with E-state index in [2.05, 4.69) is 49.3 Å². The maximum absolute atomic E-state index is 13.2. The Morgan fingerprint density at radius 2 is 1.79 bits per heavy atom.